The Morgan fingerprint density at radius 1 is 0.857 bits per heavy atom. The Balaban J connectivity index is 1.41. The van der Waals surface area contributed by atoms with Crippen molar-refractivity contribution in [3.05, 3.63) is 84.4 Å². The molecule has 0 radical (unpaired) electrons. The third-order valence-electron chi connectivity index (χ3n) is 4.58. The van der Waals surface area contributed by atoms with Gasteiger partial charge in [-0.3, -0.25) is 4.79 Å². The molecule has 1 N–H and O–H groups in total. The maximum Gasteiger partial charge on any atom is 0.255 e. The number of anilines is 2. The molecule has 1 aliphatic heterocycles. The first kappa shape index (κ1) is 18.1. The molecule has 1 aliphatic rings. The van der Waals surface area contributed by atoms with Gasteiger partial charge < -0.3 is 19.7 Å². The maximum absolute atomic E-state index is 12.6. The molecule has 3 aromatic rings. The van der Waals surface area contributed by atoms with Crippen LogP contribution in [0.15, 0.2) is 78.9 Å². The average Bonchev–Trinajstić information content (AvgIpc) is 2.76. The fraction of sp³-hybridized carbons (Fsp3) is 0.174. The van der Waals surface area contributed by atoms with E-state index in [0.29, 0.717) is 11.3 Å². The zero-order valence-corrected chi connectivity index (χ0v) is 15.5. The molecule has 4 rings (SSSR count). The van der Waals surface area contributed by atoms with Crippen LogP contribution in [0.1, 0.15) is 10.4 Å². The number of para-hydroxylation sites is 1. The number of amides is 1. The first-order chi connectivity index (χ1) is 13.8. The molecule has 1 saturated heterocycles. The molecular formula is C23H22N2O3. The summed E-state index contributed by atoms with van der Waals surface area (Å²) in [6.07, 6.45) is 0. The van der Waals surface area contributed by atoms with Gasteiger partial charge in [0.05, 0.1) is 13.2 Å². The van der Waals surface area contributed by atoms with Gasteiger partial charge in [-0.2, -0.15) is 0 Å². The van der Waals surface area contributed by atoms with Crippen LogP contribution in [-0.4, -0.2) is 32.2 Å². The largest absolute Gasteiger partial charge is 0.457 e. The third kappa shape index (κ3) is 4.50. The topological polar surface area (TPSA) is 50.8 Å². The molecule has 0 spiro atoms. The van der Waals surface area contributed by atoms with Crippen LogP contribution in [0, 0.1) is 0 Å². The predicted molar refractivity (Wildman–Crippen MR) is 110 cm³/mol. The van der Waals surface area contributed by atoms with Gasteiger partial charge in [-0.25, -0.2) is 0 Å². The van der Waals surface area contributed by atoms with Crippen LogP contribution < -0.4 is 15.0 Å². The first-order valence-electron chi connectivity index (χ1n) is 9.35. The minimum Gasteiger partial charge on any atom is -0.457 e. The van der Waals surface area contributed by atoms with Gasteiger partial charge in [0.25, 0.3) is 5.91 Å². The molecule has 3 aromatic carbocycles. The Kier molecular flexibility index (Phi) is 5.54. The molecule has 5 heteroatoms. The molecule has 0 aromatic heterocycles. The van der Waals surface area contributed by atoms with Crippen LogP contribution >= 0.6 is 0 Å². The van der Waals surface area contributed by atoms with E-state index in [1.165, 1.54) is 0 Å². The number of benzene rings is 3. The van der Waals surface area contributed by atoms with Gasteiger partial charge in [-0.1, -0.05) is 24.3 Å². The third-order valence-corrected chi connectivity index (χ3v) is 4.58. The van der Waals surface area contributed by atoms with Crippen molar-refractivity contribution in [2.75, 3.05) is 36.5 Å². The SMILES string of the molecule is O=C(Nc1ccc(N2CCOCC2)cc1)c1cccc(Oc2ccccc2)c1. The molecule has 5 nitrogen and oxygen atoms in total. The van der Waals surface area contributed by atoms with Crippen LogP contribution in [0.5, 0.6) is 11.5 Å². The second-order valence-corrected chi connectivity index (χ2v) is 6.54. The van der Waals surface area contributed by atoms with Gasteiger partial charge in [0.15, 0.2) is 0 Å². The number of carbonyl (C=O) groups is 1. The molecule has 1 amide bonds. The zero-order valence-electron chi connectivity index (χ0n) is 15.5. The monoisotopic (exact) mass is 374 g/mol. The molecule has 1 heterocycles. The van der Waals surface area contributed by atoms with Crippen molar-refractivity contribution in [1.82, 2.24) is 0 Å². The predicted octanol–water partition coefficient (Wildman–Crippen LogP) is 4.57. The van der Waals surface area contributed by atoms with Crippen molar-refractivity contribution < 1.29 is 14.3 Å². The summed E-state index contributed by atoms with van der Waals surface area (Å²) < 4.78 is 11.2. The van der Waals surface area contributed by atoms with E-state index in [9.17, 15) is 4.79 Å². The standard InChI is InChI=1S/C23H22N2O3/c26-23(18-5-4-8-22(17-18)28-21-6-2-1-3-7-21)24-19-9-11-20(12-10-19)25-13-15-27-16-14-25/h1-12,17H,13-16H2,(H,24,26). The molecule has 0 unspecified atom stereocenters. The minimum absolute atomic E-state index is 0.169. The molecule has 1 fully saturated rings. The molecule has 0 saturated carbocycles. The first-order valence-corrected chi connectivity index (χ1v) is 9.35. The van der Waals surface area contributed by atoms with Crippen molar-refractivity contribution in [1.29, 1.82) is 0 Å². The number of morpholine rings is 1. The number of nitrogens with zero attached hydrogens (tertiary/aromatic N) is 1. The summed E-state index contributed by atoms with van der Waals surface area (Å²) in [5.41, 5.74) is 2.45. The summed E-state index contributed by atoms with van der Waals surface area (Å²) in [6, 6.07) is 24.6. The van der Waals surface area contributed by atoms with E-state index in [0.717, 1.165) is 43.4 Å². The average molecular weight is 374 g/mol. The molecule has 0 bridgehead atoms. The minimum atomic E-state index is -0.169. The summed E-state index contributed by atoms with van der Waals surface area (Å²) in [5.74, 6) is 1.19. The number of carbonyl (C=O) groups excluding carboxylic acids is 1. The van der Waals surface area contributed by atoms with E-state index in [2.05, 4.69) is 10.2 Å². The Morgan fingerprint density at radius 3 is 2.32 bits per heavy atom. The molecular weight excluding hydrogens is 352 g/mol. The lowest BCUT2D eigenvalue weighted by molar-refractivity contribution is 0.102. The van der Waals surface area contributed by atoms with Crippen LogP contribution in [0.25, 0.3) is 0 Å². The number of hydrogen-bond donors (Lipinski definition) is 1. The van der Waals surface area contributed by atoms with E-state index in [4.69, 9.17) is 9.47 Å². The van der Waals surface area contributed by atoms with Crippen LogP contribution in [0.2, 0.25) is 0 Å². The smallest absolute Gasteiger partial charge is 0.255 e. The van der Waals surface area contributed by atoms with Gasteiger partial charge in [-0.05, 0) is 54.6 Å². The van der Waals surface area contributed by atoms with E-state index < -0.39 is 0 Å². The number of hydrogen-bond acceptors (Lipinski definition) is 4. The summed E-state index contributed by atoms with van der Waals surface area (Å²) in [6.45, 7) is 3.28. The Morgan fingerprint density at radius 2 is 1.57 bits per heavy atom. The second-order valence-electron chi connectivity index (χ2n) is 6.54. The van der Waals surface area contributed by atoms with Gasteiger partial charge in [0, 0.05) is 30.0 Å². The lowest BCUT2D eigenvalue weighted by atomic mass is 10.2. The highest BCUT2D eigenvalue weighted by Gasteiger charge is 2.12. The number of nitrogens with one attached hydrogen (secondary N) is 1. The maximum atomic E-state index is 12.6. The highest BCUT2D eigenvalue weighted by molar-refractivity contribution is 6.04. The van der Waals surface area contributed by atoms with Gasteiger partial charge in [0.2, 0.25) is 0 Å². The van der Waals surface area contributed by atoms with Gasteiger partial charge in [0.1, 0.15) is 11.5 Å². The number of rotatable bonds is 5. The Hall–Kier alpha value is -3.31. The summed E-state index contributed by atoms with van der Waals surface area (Å²) in [5, 5.41) is 2.94. The normalized spacial score (nSPS) is 13.8. The summed E-state index contributed by atoms with van der Waals surface area (Å²) in [4.78, 5) is 14.9. The van der Waals surface area contributed by atoms with E-state index in [1.54, 1.807) is 12.1 Å². The highest BCUT2D eigenvalue weighted by Crippen LogP contribution is 2.23. The van der Waals surface area contributed by atoms with Crippen LogP contribution in [0.4, 0.5) is 11.4 Å². The highest BCUT2D eigenvalue weighted by atomic mass is 16.5. The van der Waals surface area contributed by atoms with Crippen molar-refractivity contribution in [3.8, 4) is 11.5 Å². The lowest BCUT2D eigenvalue weighted by Gasteiger charge is -2.28. The van der Waals surface area contributed by atoms with Crippen molar-refractivity contribution in [3.63, 3.8) is 0 Å². The van der Waals surface area contributed by atoms with Crippen LogP contribution in [0.3, 0.4) is 0 Å². The van der Waals surface area contributed by atoms with Crippen molar-refractivity contribution in [2.45, 2.75) is 0 Å². The summed E-state index contributed by atoms with van der Waals surface area (Å²) >= 11 is 0. The van der Waals surface area contributed by atoms with E-state index in [1.807, 2.05) is 66.7 Å². The second kappa shape index (κ2) is 8.59. The van der Waals surface area contributed by atoms with E-state index >= 15 is 0 Å². The van der Waals surface area contributed by atoms with Crippen molar-refractivity contribution >= 4 is 17.3 Å². The molecule has 0 atom stereocenters. The molecule has 142 valence electrons. The number of ether oxygens (including phenoxy) is 2. The van der Waals surface area contributed by atoms with Crippen LogP contribution in [-0.2, 0) is 4.74 Å². The summed E-state index contributed by atoms with van der Waals surface area (Å²) in [7, 11) is 0. The zero-order chi connectivity index (χ0) is 19.2. The molecule has 0 aliphatic carbocycles. The van der Waals surface area contributed by atoms with Gasteiger partial charge in [-0.15, -0.1) is 0 Å². The Bertz CT molecular complexity index is 920. The quantitative estimate of drug-likeness (QED) is 0.711. The van der Waals surface area contributed by atoms with Gasteiger partial charge >= 0.3 is 0 Å². The van der Waals surface area contributed by atoms with Crippen molar-refractivity contribution in [2.24, 2.45) is 0 Å². The Labute approximate surface area is 164 Å². The fourth-order valence-electron chi connectivity index (χ4n) is 3.11. The molecule has 28 heavy (non-hydrogen) atoms. The van der Waals surface area contributed by atoms with E-state index in [-0.39, 0.29) is 5.91 Å². The fourth-order valence-corrected chi connectivity index (χ4v) is 3.11. The lowest BCUT2D eigenvalue weighted by Crippen LogP contribution is -2.36.